The molecule has 0 fully saturated rings. The largest absolute Gasteiger partial charge is 0.307 e. The van der Waals surface area contributed by atoms with Gasteiger partial charge in [0.25, 0.3) is 0 Å². The van der Waals surface area contributed by atoms with Gasteiger partial charge in [0.05, 0.1) is 33.1 Å². The minimum Gasteiger partial charge on any atom is -0.307 e. The van der Waals surface area contributed by atoms with Gasteiger partial charge in [-0.1, -0.05) is 141 Å². The monoisotopic (exact) mass is 677 g/mol. The zero-order valence-corrected chi connectivity index (χ0v) is 29.2. The summed E-state index contributed by atoms with van der Waals surface area (Å²) in [5.41, 5.74) is 12.5. The van der Waals surface area contributed by atoms with Crippen LogP contribution in [-0.2, 0) is 5.41 Å². The molecule has 11 aromatic rings. The van der Waals surface area contributed by atoms with E-state index in [1.807, 2.05) is 36.4 Å². The highest BCUT2D eigenvalue weighted by Crippen LogP contribution is 2.52. The molecular weight excluding hydrogens is 647 g/mol. The van der Waals surface area contributed by atoms with Crippen LogP contribution in [0.5, 0.6) is 0 Å². The molecule has 0 spiro atoms. The summed E-state index contributed by atoms with van der Waals surface area (Å²) >= 11 is 0. The lowest BCUT2D eigenvalue weighted by Gasteiger charge is -2.21. The van der Waals surface area contributed by atoms with Gasteiger partial charge in [-0.05, 0) is 35.4 Å². The smallest absolute Gasteiger partial charge is 0.166 e. The Labute approximate surface area is 304 Å². The summed E-state index contributed by atoms with van der Waals surface area (Å²) in [6, 6.07) is 54.3. The van der Waals surface area contributed by atoms with Crippen molar-refractivity contribution in [1.29, 1.82) is 0 Å². The molecule has 4 heterocycles. The molecular formula is C48H31N5. The first kappa shape index (κ1) is 28.8. The molecule has 0 saturated heterocycles. The molecule has 4 aromatic heterocycles. The third kappa shape index (κ3) is 3.68. The lowest BCUT2D eigenvalue weighted by molar-refractivity contribution is 0.663. The van der Waals surface area contributed by atoms with E-state index in [4.69, 9.17) is 15.0 Å². The summed E-state index contributed by atoms with van der Waals surface area (Å²) in [4.78, 5) is 15.5. The number of hydrogen-bond donors (Lipinski definition) is 0. The predicted octanol–water partition coefficient (Wildman–Crippen LogP) is 11.8. The normalized spacial score (nSPS) is 13.6. The Morgan fingerprint density at radius 2 is 0.925 bits per heavy atom. The van der Waals surface area contributed by atoms with Crippen molar-refractivity contribution in [2.45, 2.75) is 19.3 Å². The number of aromatic nitrogens is 5. The lowest BCUT2D eigenvalue weighted by Crippen LogP contribution is -2.15. The summed E-state index contributed by atoms with van der Waals surface area (Å²) in [5, 5.41) is 7.51. The van der Waals surface area contributed by atoms with Gasteiger partial charge in [0.2, 0.25) is 0 Å². The second-order valence-electron chi connectivity index (χ2n) is 14.8. The molecule has 1 aliphatic rings. The van der Waals surface area contributed by atoms with Gasteiger partial charge in [-0.3, -0.25) is 0 Å². The Morgan fingerprint density at radius 3 is 1.68 bits per heavy atom. The molecule has 0 bridgehead atoms. The van der Waals surface area contributed by atoms with Gasteiger partial charge in [0.1, 0.15) is 0 Å². The number of nitrogens with zero attached hydrogens (tertiary/aromatic N) is 5. The van der Waals surface area contributed by atoms with Crippen LogP contribution in [0.2, 0.25) is 0 Å². The van der Waals surface area contributed by atoms with Gasteiger partial charge in [-0.25, -0.2) is 15.0 Å². The van der Waals surface area contributed by atoms with Crippen molar-refractivity contribution in [3.63, 3.8) is 0 Å². The van der Waals surface area contributed by atoms with Gasteiger partial charge < -0.3 is 8.80 Å². The van der Waals surface area contributed by atoms with Crippen molar-refractivity contribution in [3.8, 4) is 34.2 Å². The first-order valence-corrected chi connectivity index (χ1v) is 18.2. The number of benzene rings is 7. The number of rotatable bonds is 3. The average Bonchev–Trinajstić information content (AvgIpc) is 3.81. The first-order chi connectivity index (χ1) is 26.1. The van der Waals surface area contributed by atoms with Gasteiger partial charge in [0, 0.05) is 54.4 Å². The summed E-state index contributed by atoms with van der Waals surface area (Å²) < 4.78 is 5.05. The van der Waals surface area contributed by atoms with Gasteiger partial charge in [0.15, 0.2) is 17.5 Å². The third-order valence-electron chi connectivity index (χ3n) is 11.7. The topological polar surface area (TPSA) is 47.5 Å². The van der Waals surface area contributed by atoms with Crippen molar-refractivity contribution in [2.24, 2.45) is 0 Å². The highest BCUT2D eigenvalue weighted by atomic mass is 15.0. The van der Waals surface area contributed by atoms with Crippen LogP contribution in [0.3, 0.4) is 0 Å². The van der Waals surface area contributed by atoms with Gasteiger partial charge in [-0.2, -0.15) is 0 Å². The summed E-state index contributed by atoms with van der Waals surface area (Å²) in [7, 11) is 0. The molecule has 0 saturated carbocycles. The van der Waals surface area contributed by atoms with Crippen LogP contribution in [0.1, 0.15) is 25.0 Å². The number of hydrogen-bond acceptors (Lipinski definition) is 3. The van der Waals surface area contributed by atoms with Crippen molar-refractivity contribution in [2.75, 3.05) is 0 Å². The van der Waals surface area contributed by atoms with Crippen LogP contribution >= 0.6 is 0 Å². The molecule has 1 aliphatic carbocycles. The van der Waals surface area contributed by atoms with Gasteiger partial charge in [-0.15, -0.1) is 0 Å². The highest BCUT2D eigenvalue weighted by Gasteiger charge is 2.36. The van der Waals surface area contributed by atoms with E-state index in [0.29, 0.717) is 17.5 Å². The molecule has 0 unspecified atom stereocenters. The highest BCUT2D eigenvalue weighted by molar-refractivity contribution is 6.27. The van der Waals surface area contributed by atoms with E-state index in [2.05, 4.69) is 138 Å². The third-order valence-corrected chi connectivity index (χ3v) is 11.7. The van der Waals surface area contributed by atoms with Crippen LogP contribution in [0.4, 0.5) is 0 Å². The molecule has 5 nitrogen and oxygen atoms in total. The minimum absolute atomic E-state index is 0.180. The van der Waals surface area contributed by atoms with Crippen molar-refractivity contribution in [3.05, 3.63) is 163 Å². The molecule has 0 N–H and O–H groups in total. The molecule has 53 heavy (non-hydrogen) atoms. The van der Waals surface area contributed by atoms with E-state index in [1.54, 1.807) is 0 Å². The van der Waals surface area contributed by atoms with Crippen LogP contribution < -0.4 is 0 Å². The van der Waals surface area contributed by atoms with E-state index >= 15 is 0 Å². The Bertz CT molecular complexity index is 3300. The van der Waals surface area contributed by atoms with Gasteiger partial charge >= 0.3 is 0 Å². The Kier molecular flexibility index (Phi) is 5.51. The fourth-order valence-electron chi connectivity index (χ4n) is 9.36. The van der Waals surface area contributed by atoms with Crippen molar-refractivity contribution in [1.82, 2.24) is 23.8 Å². The number of fused-ring (bicyclic) bond motifs is 8. The molecule has 12 rings (SSSR count). The summed E-state index contributed by atoms with van der Waals surface area (Å²) in [5.74, 6) is 1.95. The maximum Gasteiger partial charge on any atom is 0.166 e. The molecule has 5 heteroatoms. The Balaban J connectivity index is 1.35. The van der Waals surface area contributed by atoms with E-state index in [-0.39, 0.29) is 5.41 Å². The van der Waals surface area contributed by atoms with E-state index in [1.165, 1.54) is 65.5 Å². The minimum atomic E-state index is -0.180. The summed E-state index contributed by atoms with van der Waals surface area (Å²) in [6.45, 7) is 4.75. The van der Waals surface area contributed by atoms with Crippen molar-refractivity contribution < 1.29 is 0 Å². The zero-order valence-electron chi connectivity index (χ0n) is 29.2. The molecule has 0 radical (unpaired) electrons. The molecule has 248 valence electrons. The van der Waals surface area contributed by atoms with Crippen LogP contribution in [-0.4, -0.2) is 23.8 Å². The molecule has 0 amide bonds. The second-order valence-corrected chi connectivity index (χ2v) is 14.8. The van der Waals surface area contributed by atoms with E-state index in [0.717, 1.165) is 27.7 Å². The molecule has 7 aromatic carbocycles. The standard InChI is InChI=1S/C48H31N5/c1-48(2)35-22-13-24-38-40(35)41-36(48)27-26-33-32-19-11-21-34(47-50-45(28-14-5-3-6-15-28)49-46(51-47)29-16-7-4-8-17-29)42(32)53(44(33)41)39-25-12-20-31-30-18-9-10-23-37(30)52(38)43(31)39/h3-27H,1-2H3. The van der Waals surface area contributed by atoms with Crippen LogP contribution in [0, 0.1) is 0 Å². The SMILES string of the molecule is CC1(C)c2cccc3c2c2c1ccc1c4cccc(-c5nc(-c6ccccc6)nc(-c6ccccc6)n5)c4n(c4cccc5c6ccccc6n3c54)c12. The predicted molar refractivity (Wildman–Crippen MR) is 218 cm³/mol. The fourth-order valence-corrected chi connectivity index (χ4v) is 9.36. The second kappa shape index (κ2) is 10.1. The lowest BCUT2D eigenvalue weighted by atomic mass is 9.82. The average molecular weight is 678 g/mol. The van der Waals surface area contributed by atoms with Crippen LogP contribution in [0.25, 0.3) is 99.6 Å². The summed E-state index contributed by atoms with van der Waals surface area (Å²) in [6.07, 6.45) is 0. The Morgan fingerprint density at radius 1 is 0.377 bits per heavy atom. The Hall–Kier alpha value is -6.85. The zero-order chi connectivity index (χ0) is 35.0. The maximum atomic E-state index is 5.25. The fraction of sp³-hybridized carbons (Fsp3) is 0.0625. The first-order valence-electron chi connectivity index (χ1n) is 18.2. The van der Waals surface area contributed by atoms with Crippen LogP contribution in [0.15, 0.2) is 152 Å². The molecule has 0 aliphatic heterocycles. The quantitative estimate of drug-likeness (QED) is 0.187. The van der Waals surface area contributed by atoms with Crippen molar-refractivity contribution >= 4 is 65.4 Å². The van der Waals surface area contributed by atoms with E-state index < -0.39 is 0 Å². The number of para-hydroxylation sites is 3. The van der Waals surface area contributed by atoms with E-state index in [9.17, 15) is 0 Å². The maximum absolute atomic E-state index is 5.25. The molecule has 0 atom stereocenters.